The Morgan fingerprint density at radius 3 is 1.00 bits per heavy atom. The van der Waals surface area contributed by atoms with Gasteiger partial charge in [0.05, 0.1) is 0 Å². The summed E-state index contributed by atoms with van der Waals surface area (Å²) in [6.45, 7) is 4.35. The minimum Gasteiger partial charge on any atom is -0.147 e. The maximum Gasteiger partial charge on any atom is -0.147 e. The van der Waals surface area contributed by atoms with Crippen LogP contribution in [0.3, 0.4) is 0 Å². The SMILES string of the molecule is Br.Br.Br.CC1=[C]([Zr])CC=C1.CC1=[C]([Zr])CC=C1.Cl.Cl.Cl. The van der Waals surface area contributed by atoms with Gasteiger partial charge >= 0.3 is 118 Å². The van der Waals surface area contributed by atoms with Crippen molar-refractivity contribution in [2.24, 2.45) is 0 Å². The summed E-state index contributed by atoms with van der Waals surface area (Å²) in [5.41, 5.74) is 2.97. The van der Waals surface area contributed by atoms with Gasteiger partial charge in [-0.15, -0.1) is 88.2 Å². The monoisotopic (exact) mass is 686 g/mol. The van der Waals surface area contributed by atoms with E-state index in [0.717, 1.165) is 0 Å². The van der Waals surface area contributed by atoms with Crippen LogP contribution in [0.5, 0.6) is 0 Å². The van der Waals surface area contributed by atoms with Gasteiger partial charge in [-0.05, 0) is 0 Å². The summed E-state index contributed by atoms with van der Waals surface area (Å²) in [5.74, 6) is 0. The molecule has 2 aliphatic rings. The molecule has 0 aromatic carbocycles. The Morgan fingerprint density at radius 2 is 0.950 bits per heavy atom. The van der Waals surface area contributed by atoms with Crippen LogP contribution < -0.4 is 0 Å². The standard InChI is InChI=1S/2C6H7.3BrH.3ClH.2Zr/c2*1-6-4-2-3-5-6;;;;;;;;/h2*2,4H,3H2,1H3;6*1H;;. The van der Waals surface area contributed by atoms with Crippen LogP contribution in [0.15, 0.2) is 42.0 Å². The predicted octanol–water partition coefficient (Wildman–Crippen LogP) is 6.53. The van der Waals surface area contributed by atoms with Gasteiger partial charge in [-0.3, -0.25) is 0 Å². The number of allylic oxidation sites excluding steroid dienone is 8. The minimum atomic E-state index is 0. The van der Waals surface area contributed by atoms with E-state index >= 15 is 0 Å². The van der Waals surface area contributed by atoms with E-state index in [-0.39, 0.29) is 88.2 Å². The molecule has 0 unspecified atom stereocenters. The molecule has 118 valence electrons. The van der Waals surface area contributed by atoms with Crippen molar-refractivity contribution in [1.82, 2.24) is 0 Å². The van der Waals surface area contributed by atoms with E-state index < -0.39 is 0 Å². The van der Waals surface area contributed by atoms with Crippen LogP contribution in [0, 0.1) is 0 Å². The van der Waals surface area contributed by atoms with Gasteiger partial charge in [-0.1, -0.05) is 0 Å². The fourth-order valence-corrected chi connectivity index (χ4v) is 2.22. The third-order valence-corrected chi connectivity index (χ3v) is 5.27. The first-order valence-corrected chi connectivity index (χ1v) is 7.23. The summed E-state index contributed by atoms with van der Waals surface area (Å²) < 4.78 is 3.21. The van der Waals surface area contributed by atoms with Gasteiger partial charge in [0.2, 0.25) is 0 Å². The number of hydrogen-bond acceptors (Lipinski definition) is 0. The van der Waals surface area contributed by atoms with E-state index in [1.54, 1.807) is 56.0 Å². The summed E-state index contributed by atoms with van der Waals surface area (Å²) in [5, 5.41) is 0. The summed E-state index contributed by atoms with van der Waals surface area (Å²) in [4.78, 5) is 0. The molecule has 20 heavy (non-hydrogen) atoms. The fourth-order valence-electron chi connectivity index (χ4n) is 1.23. The Kier molecular flexibility index (Phi) is 42.5. The molecule has 0 spiro atoms. The van der Waals surface area contributed by atoms with Crippen molar-refractivity contribution in [3.63, 3.8) is 0 Å². The molecule has 0 amide bonds. The van der Waals surface area contributed by atoms with Gasteiger partial charge in [0.25, 0.3) is 0 Å². The zero-order chi connectivity index (χ0) is 10.6. The Bertz CT molecular complexity index is 320. The second-order valence-electron chi connectivity index (χ2n) is 3.54. The molecule has 0 radical (unpaired) electrons. The largest absolute Gasteiger partial charge is 0.147 e. The van der Waals surface area contributed by atoms with E-state index in [1.807, 2.05) is 0 Å². The van der Waals surface area contributed by atoms with Crippen LogP contribution >= 0.6 is 88.2 Å². The Balaban J connectivity index is -0.0000000377. The minimum absolute atomic E-state index is 0. The molecule has 0 aromatic rings. The fraction of sp³-hybridized carbons (Fsp3) is 0.333. The molecule has 0 nitrogen and oxygen atoms in total. The third-order valence-electron chi connectivity index (χ3n) is 2.33. The molecule has 0 N–H and O–H groups in total. The van der Waals surface area contributed by atoms with Crippen molar-refractivity contribution in [2.45, 2.75) is 26.7 Å². The molecule has 2 rings (SSSR count). The second-order valence-corrected chi connectivity index (χ2v) is 6.50. The molecule has 0 bridgehead atoms. The van der Waals surface area contributed by atoms with Crippen molar-refractivity contribution in [2.75, 3.05) is 0 Å². The first-order chi connectivity index (χ1) is 6.61. The molecular formula is C12H20Br3Cl3Zr2. The molecule has 0 fully saturated rings. The van der Waals surface area contributed by atoms with Crippen LogP contribution in [0.1, 0.15) is 26.7 Å². The average molecular weight is 693 g/mol. The molecular weight excluding hydrogens is 673 g/mol. The Labute approximate surface area is 203 Å². The van der Waals surface area contributed by atoms with Crippen molar-refractivity contribution >= 4 is 88.2 Å². The van der Waals surface area contributed by atoms with Gasteiger partial charge in [-0.2, -0.15) is 0 Å². The summed E-state index contributed by atoms with van der Waals surface area (Å²) >= 11 is 3.16. The number of halogens is 6. The Hall–Kier alpha value is 3.04. The van der Waals surface area contributed by atoms with Gasteiger partial charge in [0, 0.05) is 0 Å². The second kappa shape index (κ2) is 22.0. The average Bonchev–Trinajstić information content (AvgIpc) is 2.67. The van der Waals surface area contributed by atoms with Crippen LogP contribution in [-0.2, 0) is 49.4 Å². The smallest absolute Gasteiger partial charge is 0.147 e. The van der Waals surface area contributed by atoms with Crippen LogP contribution in [0.2, 0.25) is 0 Å². The maximum atomic E-state index is 2.22. The van der Waals surface area contributed by atoms with Gasteiger partial charge in [0.1, 0.15) is 0 Å². The van der Waals surface area contributed by atoms with Crippen LogP contribution in [0.4, 0.5) is 0 Å². The van der Waals surface area contributed by atoms with E-state index in [2.05, 4.69) is 38.2 Å². The van der Waals surface area contributed by atoms with E-state index in [0.29, 0.717) is 0 Å². The third kappa shape index (κ3) is 15.9. The van der Waals surface area contributed by atoms with Crippen molar-refractivity contribution in [3.05, 3.63) is 42.0 Å². The quantitative estimate of drug-likeness (QED) is 0.271. The molecule has 0 aromatic heterocycles. The molecule has 8 heteroatoms. The van der Waals surface area contributed by atoms with Gasteiger partial charge in [-0.25, -0.2) is 0 Å². The van der Waals surface area contributed by atoms with E-state index in [1.165, 1.54) is 24.0 Å². The Morgan fingerprint density at radius 1 is 0.700 bits per heavy atom. The molecule has 2 aliphatic carbocycles. The first-order valence-electron chi connectivity index (χ1n) is 4.77. The number of hydrogen-bond donors (Lipinski definition) is 0. The number of rotatable bonds is 0. The molecule has 0 saturated carbocycles. The van der Waals surface area contributed by atoms with Crippen molar-refractivity contribution in [3.8, 4) is 0 Å². The van der Waals surface area contributed by atoms with Crippen LogP contribution in [0.25, 0.3) is 0 Å². The predicted molar refractivity (Wildman–Crippen MR) is 106 cm³/mol. The molecule has 0 heterocycles. The zero-order valence-corrected chi connectivity index (χ0v) is 23.7. The molecule has 0 aliphatic heterocycles. The maximum absolute atomic E-state index is 2.22. The van der Waals surface area contributed by atoms with E-state index in [4.69, 9.17) is 0 Å². The first kappa shape index (κ1) is 38.5. The summed E-state index contributed by atoms with van der Waals surface area (Å²) in [7, 11) is 0. The molecule has 0 atom stereocenters. The van der Waals surface area contributed by atoms with Crippen LogP contribution in [-0.4, -0.2) is 0 Å². The summed E-state index contributed by atoms with van der Waals surface area (Å²) in [6.07, 6.45) is 11.3. The van der Waals surface area contributed by atoms with E-state index in [9.17, 15) is 0 Å². The van der Waals surface area contributed by atoms with Gasteiger partial charge in [0.15, 0.2) is 0 Å². The van der Waals surface area contributed by atoms with Crippen molar-refractivity contribution in [1.29, 1.82) is 0 Å². The molecule has 0 saturated heterocycles. The van der Waals surface area contributed by atoms with Gasteiger partial charge < -0.3 is 0 Å². The zero-order valence-electron chi connectivity index (χ0n) is 11.2. The van der Waals surface area contributed by atoms with Crippen molar-refractivity contribution < 1.29 is 49.4 Å². The normalized spacial score (nSPS) is 13.2. The topological polar surface area (TPSA) is 0 Å². The summed E-state index contributed by atoms with van der Waals surface area (Å²) in [6, 6.07) is 0.